The lowest BCUT2D eigenvalue weighted by Crippen LogP contribution is -2.26. The molecule has 1 aliphatic rings. The van der Waals surface area contributed by atoms with Crippen molar-refractivity contribution in [3.05, 3.63) is 84.1 Å². The van der Waals surface area contributed by atoms with Crippen LogP contribution >= 0.6 is 0 Å². The van der Waals surface area contributed by atoms with Gasteiger partial charge < -0.3 is 15.5 Å². The van der Waals surface area contributed by atoms with Gasteiger partial charge in [0.2, 0.25) is 0 Å². The minimum absolute atomic E-state index is 0.0596. The van der Waals surface area contributed by atoms with Gasteiger partial charge in [0.15, 0.2) is 0 Å². The van der Waals surface area contributed by atoms with Crippen molar-refractivity contribution in [2.45, 2.75) is 25.8 Å². The summed E-state index contributed by atoms with van der Waals surface area (Å²) in [6, 6.07) is 21.9. The highest BCUT2D eigenvalue weighted by atomic mass is 16.1. The van der Waals surface area contributed by atoms with Crippen molar-refractivity contribution < 1.29 is 4.79 Å². The molecule has 1 fully saturated rings. The number of nitrogens with one attached hydrogen (secondary N) is 2. The van der Waals surface area contributed by atoms with Crippen LogP contribution in [0, 0.1) is 0 Å². The molecule has 148 valence electrons. The predicted octanol–water partition coefficient (Wildman–Crippen LogP) is 4.92. The van der Waals surface area contributed by atoms with Crippen molar-refractivity contribution in [2.24, 2.45) is 0 Å². The number of benzene rings is 2. The van der Waals surface area contributed by atoms with Gasteiger partial charge in [-0.05, 0) is 61.7 Å². The van der Waals surface area contributed by atoms with E-state index < -0.39 is 0 Å². The zero-order chi connectivity index (χ0) is 20.1. The minimum Gasteiger partial charge on any atom is -0.372 e. The first kappa shape index (κ1) is 19.0. The highest BCUT2D eigenvalue weighted by Gasteiger charge is 2.13. The molecule has 3 aromatic rings. The third-order valence-corrected chi connectivity index (χ3v) is 5.28. The van der Waals surface area contributed by atoms with Gasteiger partial charge in [-0.25, -0.2) is 4.98 Å². The van der Waals surface area contributed by atoms with Gasteiger partial charge in [0.05, 0.1) is 11.6 Å². The molecule has 1 aromatic heterocycles. The maximum Gasteiger partial charge on any atom is 0.253 e. The number of carbonyl (C=O) groups excluding carboxylic acids is 1. The number of anilines is 3. The van der Waals surface area contributed by atoms with Gasteiger partial charge in [0.1, 0.15) is 5.82 Å². The van der Waals surface area contributed by atoms with Crippen molar-refractivity contribution >= 4 is 23.1 Å². The Labute approximate surface area is 171 Å². The predicted molar refractivity (Wildman–Crippen MR) is 118 cm³/mol. The second-order valence-corrected chi connectivity index (χ2v) is 7.40. The van der Waals surface area contributed by atoms with E-state index in [1.54, 1.807) is 12.3 Å². The highest BCUT2D eigenvalue weighted by Crippen LogP contribution is 2.23. The summed E-state index contributed by atoms with van der Waals surface area (Å²) in [6.07, 6.45) is 4.15. The molecule has 1 unspecified atom stereocenters. The largest absolute Gasteiger partial charge is 0.372 e. The number of hydrogen-bond donors (Lipinski definition) is 2. The van der Waals surface area contributed by atoms with Crippen molar-refractivity contribution in [3.8, 4) is 0 Å². The van der Waals surface area contributed by atoms with E-state index in [-0.39, 0.29) is 11.9 Å². The molecule has 0 spiro atoms. The molecule has 1 amide bonds. The fraction of sp³-hybridized carbons (Fsp3) is 0.250. The van der Waals surface area contributed by atoms with Crippen LogP contribution in [-0.4, -0.2) is 24.0 Å². The van der Waals surface area contributed by atoms with Crippen LogP contribution in [0.5, 0.6) is 0 Å². The molecule has 5 heteroatoms. The van der Waals surface area contributed by atoms with E-state index in [1.807, 2.05) is 43.3 Å². The molecule has 1 aliphatic heterocycles. The summed E-state index contributed by atoms with van der Waals surface area (Å²) in [5.41, 5.74) is 3.86. The Morgan fingerprint density at radius 2 is 1.69 bits per heavy atom. The molecule has 2 heterocycles. The Balaban J connectivity index is 1.35. The summed E-state index contributed by atoms with van der Waals surface area (Å²) < 4.78 is 0. The Hall–Kier alpha value is -3.34. The summed E-state index contributed by atoms with van der Waals surface area (Å²) in [4.78, 5) is 19.3. The van der Waals surface area contributed by atoms with Gasteiger partial charge in [0.25, 0.3) is 5.91 Å². The Kier molecular flexibility index (Phi) is 5.75. The van der Waals surface area contributed by atoms with Crippen LogP contribution in [0.1, 0.15) is 41.7 Å². The molecule has 0 aliphatic carbocycles. The molecular weight excluding hydrogens is 360 g/mol. The second kappa shape index (κ2) is 8.78. The van der Waals surface area contributed by atoms with Gasteiger partial charge in [-0.15, -0.1) is 0 Å². The standard InChI is InChI=1S/C24H26N4O/c1-18(19-7-3-2-4-8-19)26-24(29)20-9-14-23(25-17-20)27-21-10-12-22(13-11-21)28-15-5-6-16-28/h2-4,7-14,17-18H,5-6,15-16H2,1H3,(H,25,27)(H,26,29). The lowest BCUT2D eigenvalue weighted by atomic mass is 10.1. The van der Waals surface area contributed by atoms with Gasteiger partial charge >= 0.3 is 0 Å². The first-order valence-corrected chi connectivity index (χ1v) is 10.1. The zero-order valence-corrected chi connectivity index (χ0v) is 16.6. The highest BCUT2D eigenvalue weighted by molar-refractivity contribution is 5.94. The summed E-state index contributed by atoms with van der Waals surface area (Å²) in [5, 5.41) is 6.30. The van der Waals surface area contributed by atoms with Crippen LogP contribution < -0.4 is 15.5 Å². The first-order valence-electron chi connectivity index (χ1n) is 10.1. The lowest BCUT2D eigenvalue weighted by Gasteiger charge is -2.18. The van der Waals surface area contributed by atoms with E-state index >= 15 is 0 Å². The van der Waals surface area contributed by atoms with Crippen molar-refractivity contribution in [3.63, 3.8) is 0 Å². The summed E-state index contributed by atoms with van der Waals surface area (Å²) in [6.45, 7) is 4.25. The molecule has 1 atom stereocenters. The maximum absolute atomic E-state index is 12.5. The molecule has 5 nitrogen and oxygen atoms in total. The van der Waals surface area contributed by atoms with Crippen LogP contribution in [0.25, 0.3) is 0 Å². The zero-order valence-electron chi connectivity index (χ0n) is 16.6. The number of pyridine rings is 1. The van der Waals surface area contributed by atoms with Gasteiger partial charge in [0, 0.05) is 30.7 Å². The molecule has 0 radical (unpaired) electrons. The van der Waals surface area contributed by atoms with Crippen molar-refractivity contribution in [1.82, 2.24) is 10.3 Å². The third-order valence-electron chi connectivity index (χ3n) is 5.28. The number of rotatable bonds is 6. The maximum atomic E-state index is 12.5. The van der Waals surface area contributed by atoms with E-state index in [4.69, 9.17) is 0 Å². The number of amides is 1. The molecular formula is C24H26N4O. The fourth-order valence-electron chi connectivity index (χ4n) is 3.59. The summed E-state index contributed by atoms with van der Waals surface area (Å²) in [5.74, 6) is 0.585. The summed E-state index contributed by atoms with van der Waals surface area (Å²) >= 11 is 0. The molecule has 1 saturated heterocycles. The van der Waals surface area contributed by atoms with Crippen LogP contribution in [-0.2, 0) is 0 Å². The summed E-state index contributed by atoms with van der Waals surface area (Å²) in [7, 11) is 0. The van der Waals surface area contributed by atoms with E-state index in [9.17, 15) is 4.79 Å². The Morgan fingerprint density at radius 3 is 2.34 bits per heavy atom. The molecule has 29 heavy (non-hydrogen) atoms. The quantitative estimate of drug-likeness (QED) is 0.632. The minimum atomic E-state index is -0.129. The van der Waals surface area contributed by atoms with Crippen molar-refractivity contribution in [1.29, 1.82) is 0 Å². The van der Waals surface area contributed by atoms with Gasteiger partial charge in [-0.2, -0.15) is 0 Å². The van der Waals surface area contributed by atoms with E-state index in [2.05, 4.69) is 44.8 Å². The molecule has 0 saturated carbocycles. The average molecular weight is 386 g/mol. The van der Waals surface area contributed by atoms with Crippen LogP contribution in [0.4, 0.5) is 17.2 Å². The molecule has 4 rings (SSSR count). The number of hydrogen-bond acceptors (Lipinski definition) is 4. The number of nitrogens with zero attached hydrogens (tertiary/aromatic N) is 2. The lowest BCUT2D eigenvalue weighted by molar-refractivity contribution is 0.0939. The number of carbonyl (C=O) groups is 1. The van der Waals surface area contributed by atoms with Gasteiger partial charge in [-0.1, -0.05) is 30.3 Å². The van der Waals surface area contributed by atoms with Gasteiger partial charge in [-0.3, -0.25) is 4.79 Å². The Morgan fingerprint density at radius 1 is 0.966 bits per heavy atom. The monoisotopic (exact) mass is 386 g/mol. The average Bonchev–Trinajstić information content (AvgIpc) is 3.30. The normalized spacial score (nSPS) is 14.4. The Bertz CT molecular complexity index is 933. The van der Waals surface area contributed by atoms with Crippen molar-refractivity contribution in [2.75, 3.05) is 23.3 Å². The fourth-order valence-corrected chi connectivity index (χ4v) is 3.59. The first-order chi connectivity index (χ1) is 14.2. The van der Waals surface area contributed by atoms with E-state index in [0.717, 1.165) is 24.3 Å². The van der Waals surface area contributed by atoms with Crippen LogP contribution in [0.3, 0.4) is 0 Å². The van der Waals surface area contributed by atoms with Crippen LogP contribution in [0.2, 0.25) is 0 Å². The number of aromatic nitrogens is 1. The van der Waals surface area contributed by atoms with Crippen LogP contribution in [0.15, 0.2) is 72.9 Å². The molecule has 2 N–H and O–H groups in total. The third kappa shape index (κ3) is 4.74. The topological polar surface area (TPSA) is 57.3 Å². The SMILES string of the molecule is CC(NC(=O)c1ccc(Nc2ccc(N3CCCC3)cc2)nc1)c1ccccc1. The van der Waals surface area contributed by atoms with E-state index in [0.29, 0.717) is 11.4 Å². The molecule has 0 bridgehead atoms. The van der Waals surface area contributed by atoms with E-state index in [1.165, 1.54) is 18.5 Å². The smallest absolute Gasteiger partial charge is 0.253 e. The molecule has 2 aromatic carbocycles. The second-order valence-electron chi connectivity index (χ2n) is 7.40.